The number of aromatic amines is 1. The Morgan fingerprint density at radius 2 is 1.81 bits per heavy atom. The van der Waals surface area contributed by atoms with Crippen LogP contribution in [0, 0.1) is 0 Å². The fourth-order valence-electron chi connectivity index (χ4n) is 3.68. The van der Waals surface area contributed by atoms with Gasteiger partial charge in [0.25, 0.3) is 5.56 Å². The van der Waals surface area contributed by atoms with Crippen LogP contribution in [0.3, 0.4) is 0 Å². The lowest BCUT2D eigenvalue weighted by Crippen LogP contribution is -3.12. The van der Waals surface area contributed by atoms with E-state index in [9.17, 15) is 4.79 Å². The number of halogens is 1. The van der Waals surface area contributed by atoms with Gasteiger partial charge in [0.2, 0.25) is 0 Å². The summed E-state index contributed by atoms with van der Waals surface area (Å²) in [5.41, 5.74) is 2.04. The van der Waals surface area contributed by atoms with Crippen molar-refractivity contribution in [2.75, 3.05) is 19.6 Å². The molecule has 0 aliphatic rings. The fraction of sp³-hybridized carbons (Fsp3) is 0.524. The second-order valence-corrected chi connectivity index (χ2v) is 7.72. The molecule has 2 aromatic heterocycles. The highest BCUT2D eigenvalue weighted by Crippen LogP contribution is 2.28. The molecule has 0 bridgehead atoms. The van der Waals surface area contributed by atoms with Crippen LogP contribution in [0.2, 0.25) is 5.02 Å². The molecule has 2 heterocycles. The van der Waals surface area contributed by atoms with Crippen LogP contribution < -0.4 is 10.5 Å². The highest BCUT2D eigenvalue weighted by molar-refractivity contribution is 6.37. The van der Waals surface area contributed by atoms with Crippen molar-refractivity contribution in [1.82, 2.24) is 14.5 Å². The number of hydrogen-bond donors (Lipinski definition) is 2. The summed E-state index contributed by atoms with van der Waals surface area (Å²) in [4.78, 5) is 22.2. The van der Waals surface area contributed by atoms with Crippen LogP contribution in [-0.2, 0) is 6.54 Å². The first kappa shape index (κ1) is 19.9. The molecule has 3 rings (SSSR count). The Balaban J connectivity index is 1.73. The van der Waals surface area contributed by atoms with E-state index < -0.39 is 0 Å². The van der Waals surface area contributed by atoms with Crippen molar-refractivity contribution in [3.63, 3.8) is 0 Å². The number of H-pyrrole nitrogens is 1. The van der Waals surface area contributed by atoms with Crippen LogP contribution in [0.1, 0.15) is 46.0 Å². The Morgan fingerprint density at radius 3 is 2.52 bits per heavy atom. The number of fused-ring (bicyclic) bond motifs is 3. The van der Waals surface area contributed by atoms with Crippen LogP contribution in [0.4, 0.5) is 0 Å². The molecule has 0 aliphatic carbocycles. The Labute approximate surface area is 165 Å². The third-order valence-corrected chi connectivity index (χ3v) is 5.56. The van der Waals surface area contributed by atoms with Crippen LogP contribution in [0.15, 0.2) is 29.3 Å². The first-order chi connectivity index (χ1) is 13.2. The van der Waals surface area contributed by atoms with Crippen LogP contribution in [0.25, 0.3) is 21.9 Å². The molecular formula is C21H30ClN4O+. The molecule has 27 heavy (non-hydrogen) atoms. The summed E-state index contributed by atoms with van der Waals surface area (Å²) in [5.74, 6) is 0. The van der Waals surface area contributed by atoms with Gasteiger partial charge in [0.15, 0.2) is 0 Å². The zero-order valence-electron chi connectivity index (χ0n) is 16.4. The third kappa shape index (κ3) is 4.53. The third-order valence-electron chi connectivity index (χ3n) is 5.24. The number of aromatic nitrogens is 3. The molecule has 146 valence electrons. The Hall–Kier alpha value is -1.85. The van der Waals surface area contributed by atoms with Crippen molar-refractivity contribution >= 4 is 33.5 Å². The maximum atomic E-state index is 12.9. The number of nitrogens with one attached hydrogen (secondary N) is 2. The molecule has 1 aromatic carbocycles. The lowest BCUT2D eigenvalue weighted by molar-refractivity contribution is -0.900. The molecule has 5 nitrogen and oxygen atoms in total. The Bertz CT molecular complexity index is 938. The maximum Gasteiger partial charge on any atom is 0.277 e. The van der Waals surface area contributed by atoms with Crippen molar-refractivity contribution in [2.45, 2.75) is 52.5 Å². The maximum absolute atomic E-state index is 12.9. The van der Waals surface area contributed by atoms with Crippen molar-refractivity contribution < 1.29 is 4.90 Å². The van der Waals surface area contributed by atoms with Gasteiger partial charge in [-0.3, -0.25) is 9.36 Å². The van der Waals surface area contributed by atoms with Crippen LogP contribution >= 0.6 is 11.6 Å². The second kappa shape index (κ2) is 9.38. The van der Waals surface area contributed by atoms with Gasteiger partial charge in [-0.2, -0.15) is 0 Å². The number of aryl methyl sites for hydroxylation is 1. The minimum Gasteiger partial charge on any atom is -0.349 e. The Kier molecular flexibility index (Phi) is 6.91. The van der Waals surface area contributed by atoms with Gasteiger partial charge in [-0.05, 0) is 25.0 Å². The van der Waals surface area contributed by atoms with Crippen molar-refractivity contribution in [1.29, 1.82) is 0 Å². The predicted octanol–water partition coefficient (Wildman–Crippen LogP) is 3.41. The standard InChI is InChI=1S/C21H29ClN4O/c1-3-5-11-25(12-6-4-2)13-8-14-26-15-23-19-18-16(22)9-7-10-17(18)24-20(19)21(26)27/h7,9-10,15,24H,3-6,8,11-14H2,1-2H3/p+1. The number of benzene rings is 1. The monoisotopic (exact) mass is 389 g/mol. The van der Waals surface area contributed by atoms with E-state index in [0.29, 0.717) is 22.6 Å². The van der Waals surface area contributed by atoms with E-state index in [-0.39, 0.29) is 5.56 Å². The van der Waals surface area contributed by atoms with Gasteiger partial charge >= 0.3 is 0 Å². The van der Waals surface area contributed by atoms with Gasteiger partial charge in [-0.1, -0.05) is 44.4 Å². The van der Waals surface area contributed by atoms with Gasteiger partial charge < -0.3 is 9.88 Å². The van der Waals surface area contributed by atoms with E-state index in [4.69, 9.17) is 11.6 Å². The SMILES string of the molecule is CCCC[NH+](CCCC)CCCn1cnc2c([nH]c3cccc(Cl)c32)c1=O. The molecule has 0 unspecified atom stereocenters. The number of unbranched alkanes of at least 4 members (excludes halogenated alkanes) is 2. The molecular weight excluding hydrogens is 360 g/mol. The lowest BCUT2D eigenvalue weighted by atomic mass is 10.2. The number of rotatable bonds is 10. The summed E-state index contributed by atoms with van der Waals surface area (Å²) in [5, 5.41) is 1.45. The first-order valence-electron chi connectivity index (χ1n) is 10.1. The fourth-order valence-corrected chi connectivity index (χ4v) is 3.95. The summed E-state index contributed by atoms with van der Waals surface area (Å²) in [6, 6.07) is 5.63. The van der Waals surface area contributed by atoms with Crippen molar-refractivity contribution in [3.8, 4) is 0 Å². The second-order valence-electron chi connectivity index (χ2n) is 7.31. The topological polar surface area (TPSA) is 55.1 Å². The summed E-state index contributed by atoms with van der Waals surface area (Å²) < 4.78 is 1.73. The molecule has 2 N–H and O–H groups in total. The van der Waals surface area contributed by atoms with Crippen molar-refractivity contribution in [3.05, 3.63) is 39.9 Å². The summed E-state index contributed by atoms with van der Waals surface area (Å²) in [6.45, 7) is 8.73. The zero-order chi connectivity index (χ0) is 19.2. The van der Waals surface area contributed by atoms with E-state index in [2.05, 4.69) is 23.8 Å². The van der Waals surface area contributed by atoms with E-state index in [1.54, 1.807) is 15.8 Å². The van der Waals surface area contributed by atoms with E-state index in [1.165, 1.54) is 38.8 Å². The number of nitrogens with zero attached hydrogens (tertiary/aromatic N) is 2. The molecule has 3 aromatic rings. The molecule has 6 heteroatoms. The normalized spacial score (nSPS) is 11.9. The highest BCUT2D eigenvalue weighted by Gasteiger charge is 2.13. The number of quaternary nitrogens is 1. The number of hydrogen-bond acceptors (Lipinski definition) is 2. The van der Waals surface area contributed by atoms with E-state index >= 15 is 0 Å². The van der Waals surface area contributed by atoms with Crippen LogP contribution in [0.5, 0.6) is 0 Å². The molecule has 0 atom stereocenters. The van der Waals surface area contributed by atoms with Gasteiger partial charge in [-0.15, -0.1) is 0 Å². The van der Waals surface area contributed by atoms with E-state index in [1.807, 2.05) is 18.2 Å². The van der Waals surface area contributed by atoms with Gasteiger partial charge in [0.1, 0.15) is 11.0 Å². The minimum absolute atomic E-state index is 0.0177. The highest BCUT2D eigenvalue weighted by atomic mass is 35.5. The van der Waals surface area contributed by atoms with Gasteiger partial charge in [0.05, 0.1) is 31.0 Å². The Morgan fingerprint density at radius 1 is 1.11 bits per heavy atom. The lowest BCUT2D eigenvalue weighted by Gasteiger charge is -2.19. The molecule has 0 spiro atoms. The van der Waals surface area contributed by atoms with Crippen LogP contribution in [-0.4, -0.2) is 34.2 Å². The molecule has 0 fully saturated rings. The summed E-state index contributed by atoms with van der Waals surface area (Å²) >= 11 is 6.30. The molecule has 0 radical (unpaired) electrons. The molecule has 0 aliphatic heterocycles. The van der Waals surface area contributed by atoms with E-state index in [0.717, 1.165) is 23.9 Å². The predicted molar refractivity (Wildman–Crippen MR) is 113 cm³/mol. The largest absolute Gasteiger partial charge is 0.349 e. The first-order valence-corrected chi connectivity index (χ1v) is 10.5. The summed E-state index contributed by atoms with van der Waals surface area (Å²) in [6.07, 6.45) is 7.65. The quantitative estimate of drug-likeness (QED) is 0.558. The van der Waals surface area contributed by atoms with Crippen molar-refractivity contribution in [2.24, 2.45) is 0 Å². The molecule has 0 saturated carbocycles. The molecule has 0 amide bonds. The van der Waals surface area contributed by atoms with Gasteiger partial charge in [-0.25, -0.2) is 4.98 Å². The average Bonchev–Trinajstić information content (AvgIpc) is 3.06. The summed E-state index contributed by atoms with van der Waals surface area (Å²) in [7, 11) is 0. The molecule has 0 saturated heterocycles. The minimum atomic E-state index is -0.0177. The average molecular weight is 390 g/mol. The van der Waals surface area contributed by atoms with Gasteiger partial charge in [0, 0.05) is 23.9 Å². The zero-order valence-corrected chi connectivity index (χ0v) is 17.1. The smallest absolute Gasteiger partial charge is 0.277 e.